The molecule has 1 fully saturated rings. The maximum Gasteiger partial charge on any atom is 0.110 e. The Bertz CT molecular complexity index is 332. The Kier molecular flexibility index (Phi) is 4.57. The third kappa shape index (κ3) is 3.08. The first kappa shape index (κ1) is 13.0. The molecule has 96 valence electrons. The monoisotopic (exact) mass is 252 g/mol. The van der Waals surface area contributed by atoms with E-state index in [1.54, 1.807) is 0 Å². The molecule has 1 atom stereocenters. The van der Waals surface area contributed by atoms with E-state index in [0.29, 0.717) is 6.04 Å². The van der Waals surface area contributed by atoms with Crippen molar-refractivity contribution in [2.45, 2.75) is 58.4 Å². The van der Waals surface area contributed by atoms with Crippen LogP contribution in [0, 0.1) is 19.8 Å². The smallest absolute Gasteiger partial charge is 0.110 e. The van der Waals surface area contributed by atoms with Crippen LogP contribution in [-0.2, 0) is 0 Å². The van der Waals surface area contributed by atoms with Gasteiger partial charge in [0.2, 0.25) is 0 Å². The van der Waals surface area contributed by atoms with Crippen molar-refractivity contribution in [1.82, 2.24) is 10.3 Å². The largest absolute Gasteiger partial charge is 0.311 e. The summed E-state index contributed by atoms with van der Waals surface area (Å²) in [6.07, 6.45) is 8.36. The minimum Gasteiger partial charge on any atom is -0.311 e. The van der Waals surface area contributed by atoms with E-state index >= 15 is 0 Å². The topological polar surface area (TPSA) is 24.9 Å². The van der Waals surface area contributed by atoms with Crippen LogP contribution in [0.25, 0.3) is 0 Å². The summed E-state index contributed by atoms with van der Waals surface area (Å²) in [4.78, 5) is 6.11. The van der Waals surface area contributed by atoms with Gasteiger partial charge < -0.3 is 5.32 Å². The van der Waals surface area contributed by atoms with E-state index in [2.05, 4.69) is 26.2 Å². The molecule has 0 spiro atoms. The van der Waals surface area contributed by atoms with E-state index in [9.17, 15) is 0 Å². The zero-order valence-corrected chi connectivity index (χ0v) is 12.1. The summed E-state index contributed by atoms with van der Waals surface area (Å²) in [6, 6.07) is 0.477. The molecule has 1 aromatic rings. The molecule has 2 rings (SSSR count). The number of nitrogens with zero attached hydrogens (tertiary/aromatic N) is 1. The second kappa shape index (κ2) is 5.96. The standard InChI is InChI=1S/C14H24N2S/c1-10-11(2)17-14(16-10)13(15-3)12-8-6-4-5-7-9-12/h12-13,15H,4-9H2,1-3H3. The molecule has 0 bridgehead atoms. The van der Waals surface area contributed by atoms with Crippen molar-refractivity contribution >= 4 is 11.3 Å². The average Bonchev–Trinajstić information content (AvgIpc) is 2.56. The lowest BCUT2D eigenvalue weighted by Crippen LogP contribution is -2.25. The number of hydrogen-bond acceptors (Lipinski definition) is 3. The van der Waals surface area contributed by atoms with Crippen LogP contribution in [0.15, 0.2) is 0 Å². The van der Waals surface area contributed by atoms with Crippen LogP contribution in [-0.4, -0.2) is 12.0 Å². The summed E-state index contributed by atoms with van der Waals surface area (Å²) in [5.74, 6) is 0.785. The number of rotatable bonds is 3. The van der Waals surface area contributed by atoms with Gasteiger partial charge in [0.1, 0.15) is 5.01 Å². The van der Waals surface area contributed by atoms with Crippen molar-refractivity contribution in [3.63, 3.8) is 0 Å². The highest BCUT2D eigenvalue weighted by Crippen LogP contribution is 2.35. The van der Waals surface area contributed by atoms with Crippen molar-refractivity contribution in [1.29, 1.82) is 0 Å². The van der Waals surface area contributed by atoms with E-state index in [0.717, 1.165) is 5.92 Å². The third-order valence-corrected chi connectivity index (χ3v) is 5.15. The zero-order valence-electron chi connectivity index (χ0n) is 11.3. The first-order valence-corrected chi connectivity index (χ1v) is 7.65. The van der Waals surface area contributed by atoms with Gasteiger partial charge in [0.15, 0.2) is 0 Å². The fourth-order valence-electron chi connectivity index (χ4n) is 2.84. The van der Waals surface area contributed by atoms with Gasteiger partial charge in [0.25, 0.3) is 0 Å². The van der Waals surface area contributed by atoms with Crippen LogP contribution in [0.1, 0.15) is 60.1 Å². The molecule has 0 radical (unpaired) electrons. The predicted molar refractivity (Wildman–Crippen MR) is 74.6 cm³/mol. The van der Waals surface area contributed by atoms with E-state index in [4.69, 9.17) is 4.98 Å². The summed E-state index contributed by atoms with van der Waals surface area (Å²) in [7, 11) is 2.08. The summed E-state index contributed by atoms with van der Waals surface area (Å²) in [6.45, 7) is 4.30. The van der Waals surface area contributed by atoms with Crippen LogP contribution in [0.3, 0.4) is 0 Å². The van der Waals surface area contributed by atoms with Crippen LogP contribution >= 0.6 is 11.3 Å². The highest BCUT2D eigenvalue weighted by atomic mass is 32.1. The van der Waals surface area contributed by atoms with Crippen molar-refractivity contribution in [2.75, 3.05) is 7.05 Å². The van der Waals surface area contributed by atoms with Crippen LogP contribution < -0.4 is 5.32 Å². The number of thiazole rings is 1. The van der Waals surface area contributed by atoms with Crippen LogP contribution in [0.2, 0.25) is 0 Å². The number of nitrogens with one attached hydrogen (secondary N) is 1. The molecular weight excluding hydrogens is 228 g/mol. The van der Waals surface area contributed by atoms with Gasteiger partial charge in [0, 0.05) is 4.88 Å². The normalized spacial score (nSPS) is 20.2. The Morgan fingerprint density at radius 3 is 2.29 bits per heavy atom. The van der Waals surface area contributed by atoms with E-state index in [1.807, 2.05) is 11.3 Å². The van der Waals surface area contributed by atoms with E-state index in [-0.39, 0.29) is 0 Å². The minimum atomic E-state index is 0.477. The highest BCUT2D eigenvalue weighted by molar-refractivity contribution is 7.11. The molecule has 1 aliphatic rings. The molecule has 3 heteroatoms. The van der Waals surface area contributed by atoms with Crippen molar-refractivity contribution in [3.05, 3.63) is 15.6 Å². The zero-order chi connectivity index (χ0) is 12.3. The van der Waals surface area contributed by atoms with Gasteiger partial charge in [-0.05, 0) is 39.7 Å². The molecule has 0 saturated heterocycles. The van der Waals surface area contributed by atoms with Gasteiger partial charge in [-0.15, -0.1) is 11.3 Å². The Balaban J connectivity index is 2.13. The van der Waals surface area contributed by atoms with Gasteiger partial charge in [-0.25, -0.2) is 4.98 Å². The van der Waals surface area contributed by atoms with Gasteiger partial charge >= 0.3 is 0 Å². The van der Waals surface area contributed by atoms with E-state index < -0.39 is 0 Å². The molecule has 17 heavy (non-hydrogen) atoms. The first-order valence-electron chi connectivity index (χ1n) is 6.83. The summed E-state index contributed by atoms with van der Waals surface area (Å²) in [5, 5.41) is 4.80. The molecule has 0 aromatic carbocycles. The van der Waals surface area contributed by atoms with Gasteiger partial charge in [-0.1, -0.05) is 25.7 Å². The molecule has 0 amide bonds. The minimum absolute atomic E-state index is 0.477. The summed E-state index contributed by atoms with van der Waals surface area (Å²) < 4.78 is 0. The second-order valence-electron chi connectivity index (χ2n) is 5.21. The SMILES string of the molecule is CNC(c1nc(C)c(C)s1)C1CCCCCC1. The number of hydrogen-bond donors (Lipinski definition) is 1. The fraction of sp³-hybridized carbons (Fsp3) is 0.786. The Morgan fingerprint density at radius 2 is 1.82 bits per heavy atom. The lowest BCUT2D eigenvalue weighted by Gasteiger charge is -2.23. The fourth-order valence-corrected chi connectivity index (χ4v) is 3.96. The third-order valence-electron chi connectivity index (χ3n) is 3.99. The molecule has 1 saturated carbocycles. The lowest BCUT2D eigenvalue weighted by atomic mass is 9.92. The molecule has 1 heterocycles. The van der Waals surface area contributed by atoms with Gasteiger partial charge in [-0.3, -0.25) is 0 Å². The number of aromatic nitrogens is 1. The van der Waals surface area contributed by atoms with Crippen LogP contribution in [0.4, 0.5) is 0 Å². The Morgan fingerprint density at radius 1 is 1.18 bits per heavy atom. The van der Waals surface area contributed by atoms with Gasteiger partial charge in [-0.2, -0.15) is 0 Å². The van der Waals surface area contributed by atoms with Crippen molar-refractivity contribution in [2.24, 2.45) is 5.92 Å². The average molecular weight is 252 g/mol. The Labute approximate surface area is 109 Å². The highest BCUT2D eigenvalue weighted by Gasteiger charge is 2.25. The Hall–Kier alpha value is -0.410. The van der Waals surface area contributed by atoms with Crippen LogP contribution in [0.5, 0.6) is 0 Å². The predicted octanol–water partition coefficient (Wildman–Crippen LogP) is 3.99. The van der Waals surface area contributed by atoms with Gasteiger partial charge in [0.05, 0.1) is 11.7 Å². The number of aryl methyl sites for hydroxylation is 2. The van der Waals surface area contributed by atoms with Crippen molar-refractivity contribution < 1.29 is 0 Å². The second-order valence-corrected chi connectivity index (χ2v) is 6.45. The molecule has 1 unspecified atom stereocenters. The summed E-state index contributed by atoms with van der Waals surface area (Å²) >= 11 is 1.87. The maximum atomic E-state index is 4.74. The quantitative estimate of drug-likeness (QED) is 0.823. The first-order chi connectivity index (χ1) is 8.22. The molecule has 1 N–H and O–H groups in total. The lowest BCUT2D eigenvalue weighted by molar-refractivity contribution is 0.340. The maximum absolute atomic E-state index is 4.74. The molecule has 2 nitrogen and oxygen atoms in total. The van der Waals surface area contributed by atoms with Crippen molar-refractivity contribution in [3.8, 4) is 0 Å². The molecule has 0 aliphatic heterocycles. The summed E-state index contributed by atoms with van der Waals surface area (Å²) in [5.41, 5.74) is 1.21. The van der Waals surface area contributed by atoms with E-state index in [1.165, 1.54) is 54.1 Å². The molecule has 1 aliphatic carbocycles. The molecular formula is C14H24N2S. The molecule has 1 aromatic heterocycles.